The number of aryl methyl sites for hydroxylation is 1. The van der Waals surface area contributed by atoms with E-state index < -0.39 is 18.0 Å². The summed E-state index contributed by atoms with van der Waals surface area (Å²) in [7, 11) is 0. The Morgan fingerprint density at radius 1 is 1.12 bits per heavy atom. The van der Waals surface area contributed by atoms with Gasteiger partial charge in [-0.05, 0) is 31.4 Å². The van der Waals surface area contributed by atoms with Crippen LogP contribution in [0.4, 0.5) is 0 Å². The molecule has 24 heavy (non-hydrogen) atoms. The Bertz CT molecular complexity index is 508. The molecule has 0 bridgehead atoms. The van der Waals surface area contributed by atoms with Gasteiger partial charge < -0.3 is 27.0 Å². The van der Waals surface area contributed by atoms with Crippen LogP contribution >= 0.6 is 0 Å². The Labute approximate surface area is 140 Å². The van der Waals surface area contributed by atoms with Crippen LogP contribution in [0.15, 0.2) is 30.3 Å². The van der Waals surface area contributed by atoms with E-state index in [1.165, 1.54) is 0 Å². The molecule has 0 heterocycles. The molecule has 134 valence electrons. The lowest BCUT2D eigenvalue weighted by atomic mass is 10.1. The number of nitrogens with one attached hydrogen (secondary N) is 1. The minimum absolute atomic E-state index is 0.235. The van der Waals surface area contributed by atoms with E-state index in [4.69, 9.17) is 21.7 Å². The average Bonchev–Trinajstić information content (AvgIpc) is 2.57. The molecule has 0 aromatic heterocycles. The monoisotopic (exact) mass is 339 g/mol. The maximum atomic E-state index is 11.1. The highest BCUT2D eigenvalue weighted by molar-refractivity contribution is 5.81. The number of carbonyl (C=O) groups excluding carboxylic acids is 1. The van der Waals surface area contributed by atoms with Crippen LogP contribution in [0.1, 0.15) is 24.8 Å². The molecule has 1 aromatic rings. The van der Waals surface area contributed by atoms with Gasteiger partial charge >= 0.3 is 11.9 Å². The van der Waals surface area contributed by atoms with Gasteiger partial charge in [0.05, 0.1) is 0 Å². The molecule has 0 radical (unpaired) electrons. The van der Waals surface area contributed by atoms with Crippen LogP contribution in [0, 0.1) is 0 Å². The van der Waals surface area contributed by atoms with E-state index in [1.54, 1.807) is 0 Å². The third-order valence-electron chi connectivity index (χ3n) is 2.96. The van der Waals surface area contributed by atoms with Crippen LogP contribution < -0.4 is 16.8 Å². The van der Waals surface area contributed by atoms with Crippen LogP contribution in [-0.4, -0.2) is 47.2 Å². The molecule has 0 saturated carbocycles. The van der Waals surface area contributed by atoms with Gasteiger partial charge in [0, 0.05) is 6.42 Å². The van der Waals surface area contributed by atoms with Crippen molar-refractivity contribution >= 4 is 17.8 Å². The van der Waals surface area contributed by atoms with Crippen LogP contribution in [0.25, 0.3) is 0 Å². The van der Waals surface area contributed by atoms with E-state index in [2.05, 4.69) is 5.32 Å². The predicted molar refractivity (Wildman–Crippen MR) is 89.3 cm³/mol. The van der Waals surface area contributed by atoms with Crippen molar-refractivity contribution in [3.05, 3.63) is 35.9 Å². The van der Waals surface area contributed by atoms with Crippen molar-refractivity contribution in [1.29, 1.82) is 0 Å². The number of aliphatic carboxylic acids is 2. The first kappa shape index (κ1) is 21.6. The molecule has 8 nitrogen and oxygen atoms in total. The Morgan fingerprint density at radius 3 is 2.25 bits per heavy atom. The number of amides is 1. The Kier molecular flexibility index (Phi) is 11.7. The molecule has 0 aliphatic rings. The molecule has 1 atom stereocenters. The second-order valence-electron chi connectivity index (χ2n) is 5.03. The summed E-state index contributed by atoms with van der Waals surface area (Å²) in [6.07, 6.45) is 2.09. The standard InChI is InChI=1S/C11H13NO3.C5H12N2O2/c13-10(12-8-11(14)15)7-6-9-4-2-1-3-5-9;6-3-1-2-4(7)5(8)9/h1-5H,6-8H2,(H,12,13)(H,14,15);4H,1-3,6-7H2,(H,8,9)/t;4-/m.0/s1. The highest BCUT2D eigenvalue weighted by atomic mass is 16.4. The summed E-state index contributed by atoms with van der Waals surface area (Å²) in [6, 6.07) is 8.85. The minimum Gasteiger partial charge on any atom is -0.480 e. The molecule has 0 unspecified atom stereocenters. The van der Waals surface area contributed by atoms with Gasteiger partial charge in [0.1, 0.15) is 12.6 Å². The van der Waals surface area contributed by atoms with Gasteiger partial charge in [-0.1, -0.05) is 30.3 Å². The quantitative estimate of drug-likeness (QED) is 0.422. The number of carboxylic acids is 2. The summed E-state index contributed by atoms with van der Waals surface area (Å²) in [5.74, 6) is -2.22. The molecule has 0 spiro atoms. The fourth-order valence-electron chi connectivity index (χ4n) is 1.63. The van der Waals surface area contributed by atoms with Crippen LogP contribution in [0.2, 0.25) is 0 Å². The SMILES string of the molecule is NCCC[C@H](N)C(=O)O.O=C(O)CNC(=O)CCc1ccccc1. The number of carboxylic acid groups (broad SMARTS) is 2. The lowest BCUT2D eigenvalue weighted by Gasteiger charge is -2.02. The summed E-state index contributed by atoms with van der Waals surface area (Å²) in [6.45, 7) is 0.189. The number of carbonyl (C=O) groups is 3. The Morgan fingerprint density at radius 2 is 1.75 bits per heavy atom. The second kappa shape index (κ2) is 13.0. The average molecular weight is 339 g/mol. The minimum atomic E-state index is -1.02. The van der Waals surface area contributed by atoms with Gasteiger partial charge in [0.2, 0.25) is 5.91 Å². The molecule has 1 amide bonds. The first-order valence-corrected chi connectivity index (χ1v) is 7.57. The maximum absolute atomic E-state index is 11.1. The van der Waals surface area contributed by atoms with Crippen molar-refractivity contribution in [3.8, 4) is 0 Å². The normalized spacial score (nSPS) is 10.9. The largest absolute Gasteiger partial charge is 0.480 e. The van der Waals surface area contributed by atoms with Crippen LogP contribution in [0.3, 0.4) is 0 Å². The van der Waals surface area contributed by atoms with Crippen molar-refractivity contribution in [1.82, 2.24) is 5.32 Å². The summed E-state index contributed by atoms with van der Waals surface area (Å²) < 4.78 is 0. The van der Waals surface area contributed by atoms with Gasteiger partial charge in [-0.2, -0.15) is 0 Å². The molecule has 7 N–H and O–H groups in total. The summed E-state index contributed by atoms with van der Waals surface area (Å²) in [5, 5.41) is 18.9. The summed E-state index contributed by atoms with van der Waals surface area (Å²) >= 11 is 0. The zero-order valence-electron chi connectivity index (χ0n) is 13.5. The van der Waals surface area contributed by atoms with Crippen LogP contribution in [0.5, 0.6) is 0 Å². The number of rotatable bonds is 9. The van der Waals surface area contributed by atoms with Gasteiger partial charge in [0.15, 0.2) is 0 Å². The Balaban J connectivity index is 0.000000506. The van der Waals surface area contributed by atoms with E-state index in [9.17, 15) is 14.4 Å². The molecule has 1 aromatic carbocycles. The van der Waals surface area contributed by atoms with Gasteiger partial charge in [-0.15, -0.1) is 0 Å². The molecule has 8 heteroatoms. The molecule has 0 aliphatic carbocycles. The smallest absolute Gasteiger partial charge is 0.322 e. The van der Waals surface area contributed by atoms with E-state index in [1.807, 2.05) is 30.3 Å². The molecule has 0 fully saturated rings. The third-order valence-corrected chi connectivity index (χ3v) is 2.96. The lowest BCUT2D eigenvalue weighted by Crippen LogP contribution is -2.30. The van der Waals surface area contributed by atoms with Gasteiger partial charge in [-0.25, -0.2) is 0 Å². The van der Waals surface area contributed by atoms with Crippen molar-refractivity contribution in [2.24, 2.45) is 11.5 Å². The summed E-state index contributed by atoms with van der Waals surface area (Å²) in [4.78, 5) is 31.3. The number of hydrogen-bond acceptors (Lipinski definition) is 5. The first-order valence-electron chi connectivity index (χ1n) is 7.57. The lowest BCUT2D eigenvalue weighted by molar-refractivity contribution is -0.139. The molecule has 0 saturated heterocycles. The van der Waals surface area contributed by atoms with Gasteiger partial charge in [0.25, 0.3) is 0 Å². The fourth-order valence-corrected chi connectivity index (χ4v) is 1.63. The van der Waals surface area contributed by atoms with Crippen molar-refractivity contribution in [2.45, 2.75) is 31.7 Å². The van der Waals surface area contributed by atoms with E-state index in [-0.39, 0.29) is 12.5 Å². The highest BCUT2D eigenvalue weighted by Crippen LogP contribution is 2.01. The van der Waals surface area contributed by atoms with Crippen molar-refractivity contribution in [2.75, 3.05) is 13.1 Å². The molecule has 0 aliphatic heterocycles. The van der Waals surface area contributed by atoms with Crippen molar-refractivity contribution in [3.63, 3.8) is 0 Å². The molecule has 1 rings (SSSR count). The molecular weight excluding hydrogens is 314 g/mol. The number of benzene rings is 1. The first-order chi connectivity index (χ1) is 11.4. The zero-order valence-corrected chi connectivity index (χ0v) is 13.5. The Hall–Kier alpha value is -2.45. The van der Waals surface area contributed by atoms with E-state index in [0.29, 0.717) is 32.2 Å². The maximum Gasteiger partial charge on any atom is 0.322 e. The topological polar surface area (TPSA) is 156 Å². The van der Waals surface area contributed by atoms with E-state index >= 15 is 0 Å². The van der Waals surface area contributed by atoms with Crippen LogP contribution in [-0.2, 0) is 20.8 Å². The highest BCUT2D eigenvalue weighted by Gasteiger charge is 2.08. The predicted octanol–water partition coefficient (Wildman–Crippen LogP) is -0.0428. The number of hydrogen-bond donors (Lipinski definition) is 5. The second-order valence-corrected chi connectivity index (χ2v) is 5.03. The van der Waals surface area contributed by atoms with E-state index in [0.717, 1.165) is 5.56 Å². The van der Waals surface area contributed by atoms with Crippen molar-refractivity contribution < 1.29 is 24.6 Å². The fraction of sp³-hybridized carbons (Fsp3) is 0.438. The summed E-state index contributed by atoms with van der Waals surface area (Å²) in [5.41, 5.74) is 11.3. The number of nitrogens with two attached hydrogens (primary N) is 2. The van der Waals surface area contributed by atoms with Gasteiger partial charge in [-0.3, -0.25) is 14.4 Å². The molecular formula is C16H25N3O5. The third kappa shape index (κ3) is 12.1. The zero-order chi connectivity index (χ0) is 18.4.